The minimum Gasteiger partial charge on any atom is -0.497 e. The van der Waals surface area contributed by atoms with Crippen molar-refractivity contribution in [3.63, 3.8) is 0 Å². The number of rotatable bonds is 10. The lowest BCUT2D eigenvalue weighted by Gasteiger charge is -2.37. The third kappa shape index (κ3) is 6.12. The molecule has 34 heavy (non-hydrogen) atoms. The van der Waals surface area contributed by atoms with Gasteiger partial charge in [0.15, 0.2) is 5.16 Å². The summed E-state index contributed by atoms with van der Waals surface area (Å²) >= 11 is 1.58. The van der Waals surface area contributed by atoms with Crippen LogP contribution in [0.1, 0.15) is 11.1 Å². The Kier molecular flexibility index (Phi) is 8.49. The second-order valence-corrected chi connectivity index (χ2v) is 8.93. The highest BCUT2D eigenvalue weighted by atomic mass is 32.2. The molecule has 0 radical (unpaired) electrons. The zero-order valence-electron chi connectivity index (χ0n) is 20.2. The molecule has 3 aromatic rings. The topological polar surface area (TPSA) is 62.8 Å². The third-order valence-corrected chi connectivity index (χ3v) is 6.62. The smallest absolute Gasteiger partial charge is 0.189 e. The zero-order valence-corrected chi connectivity index (χ0v) is 21.0. The average Bonchev–Trinajstić information content (AvgIpc) is 2.91. The number of benzene rings is 2. The van der Waals surface area contributed by atoms with E-state index in [9.17, 15) is 0 Å². The van der Waals surface area contributed by atoms with Crippen molar-refractivity contribution in [2.45, 2.75) is 18.1 Å². The first-order valence-electron chi connectivity index (χ1n) is 11.6. The Morgan fingerprint density at radius 3 is 2.38 bits per heavy atom. The highest BCUT2D eigenvalue weighted by molar-refractivity contribution is 7.98. The number of thioether (sulfide) groups is 1. The lowest BCUT2D eigenvalue weighted by molar-refractivity contribution is 0.414. The molecule has 2 heterocycles. The van der Waals surface area contributed by atoms with Crippen LogP contribution >= 0.6 is 11.8 Å². The van der Waals surface area contributed by atoms with Crippen LogP contribution in [0.15, 0.2) is 59.9 Å². The number of piperazine rings is 1. The van der Waals surface area contributed by atoms with Crippen molar-refractivity contribution in [1.29, 1.82) is 0 Å². The number of anilines is 2. The molecule has 4 rings (SSSR count). The van der Waals surface area contributed by atoms with Gasteiger partial charge in [-0.2, -0.15) is 0 Å². The molecule has 0 amide bonds. The van der Waals surface area contributed by atoms with Gasteiger partial charge in [-0.25, -0.2) is 9.97 Å². The number of aromatic nitrogens is 2. The largest absolute Gasteiger partial charge is 0.497 e. The predicted octanol–water partition coefficient (Wildman–Crippen LogP) is 3.87. The summed E-state index contributed by atoms with van der Waals surface area (Å²) in [7, 11) is 3.40. The molecule has 0 unspecified atom stereocenters. The van der Waals surface area contributed by atoms with Gasteiger partial charge in [-0.05, 0) is 61.2 Å². The normalized spacial score (nSPS) is 13.7. The van der Waals surface area contributed by atoms with Crippen molar-refractivity contribution in [2.75, 3.05) is 63.0 Å². The molecule has 1 saturated heterocycles. The van der Waals surface area contributed by atoms with Crippen molar-refractivity contribution < 1.29 is 9.47 Å². The molecule has 0 atom stereocenters. The standard InChI is InChI=1S/C26H33N5O2S/c1-32-23-9-7-22(8-10-23)30-13-15-31(16-14-30)25-21(19-28-26(29-25)34-3)18-27-12-11-20-5-4-6-24(17-20)33-2/h4-10,17,19,27H,11-16,18H2,1-3H3. The van der Waals surface area contributed by atoms with Crippen molar-refractivity contribution >= 4 is 23.3 Å². The van der Waals surface area contributed by atoms with E-state index >= 15 is 0 Å². The summed E-state index contributed by atoms with van der Waals surface area (Å²) in [5, 5.41) is 4.39. The summed E-state index contributed by atoms with van der Waals surface area (Å²) in [4.78, 5) is 14.2. The van der Waals surface area contributed by atoms with Gasteiger partial charge in [0, 0.05) is 50.2 Å². The number of methoxy groups -OCH3 is 2. The molecule has 0 aliphatic carbocycles. The molecule has 0 saturated carbocycles. The summed E-state index contributed by atoms with van der Waals surface area (Å²) < 4.78 is 10.6. The lowest BCUT2D eigenvalue weighted by atomic mass is 10.1. The quantitative estimate of drug-likeness (QED) is 0.267. The number of hydrogen-bond donors (Lipinski definition) is 1. The maximum atomic E-state index is 5.33. The van der Waals surface area contributed by atoms with Crippen molar-refractivity contribution in [3.8, 4) is 11.5 Å². The van der Waals surface area contributed by atoms with Crippen molar-refractivity contribution in [3.05, 3.63) is 65.9 Å². The maximum Gasteiger partial charge on any atom is 0.189 e. The highest BCUT2D eigenvalue weighted by Crippen LogP contribution is 2.25. The van der Waals surface area contributed by atoms with E-state index in [4.69, 9.17) is 14.5 Å². The van der Waals surface area contributed by atoms with E-state index in [0.29, 0.717) is 0 Å². The summed E-state index contributed by atoms with van der Waals surface area (Å²) in [6, 6.07) is 16.5. The van der Waals surface area contributed by atoms with Gasteiger partial charge in [0.25, 0.3) is 0 Å². The first-order valence-corrected chi connectivity index (χ1v) is 12.8. The van der Waals surface area contributed by atoms with Crippen LogP contribution in [0.4, 0.5) is 11.5 Å². The molecule has 0 bridgehead atoms. The molecule has 1 aliphatic heterocycles. The molecule has 8 heteroatoms. The Bertz CT molecular complexity index is 1060. The Morgan fingerprint density at radius 1 is 0.941 bits per heavy atom. The first-order chi connectivity index (χ1) is 16.7. The number of nitrogens with zero attached hydrogens (tertiary/aromatic N) is 4. The van der Waals surface area contributed by atoms with E-state index in [1.165, 1.54) is 11.3 Å². The number of ether oxygens (including phenoxy) is 2. The van der Waals surface area contributed by atoms with Gasteiger partial charge in [0.1, 0.15) is 17.3 Å². The fraction of sp³-hybridized carbons (Fsp3) is 0.385. The monoisotopic (exact) mass is 479 g/mol. The third-order valence-electron chi connectivity index (χ3n) is 6.06. The molecule has 1 fully saturated rings. The Labute approximate surface area is 206 Å². The summed E-state index contributed by atoms with van der Waals surface area (Å²) in [6.07, 6.45) is 4.94. The summed E-state index contributed by atoms with van der Waals surface area (Å²) in [5.41, 5.74) is 3.63. The van der Waals surface area contributed by atoms with Gasteiger partial charge < -0.3 is 24.6 Å². The van der Waals surface area contributed by atoms with Crippen LogP contribution in [-0.4, -0.2) is 63.2 Å². The average molecular weight is 480 g/mol. The van der Waals surface area contributed by atoms with E-state index in [0.717, 1.165) is 73.7 Å². The molecular formula is C26H33N5O2S. The minimum atomic E-state index is 0.743. The van der Waals surface area contributed by atoms with Crippen molar-refractivity contribution in [1.82, 2.24) is 15.3 Å². The molecule has 1 aromatic heterocycles. The van der Waals surface area contributed by atoms with E-state index in [-0.39, 0.29) is 0 Å². The van der Waals surface area contributed by atoms with Gasteiger partial charge in [-0.1, -0.05) is 23.9 Å². The van der Waals surface area contributed by atoms with Crippen LogP contribution in [0.25, 0.3) is 0 Å². The molecule has 0 spiro atoms. The van der Waals surface area contributed by atoms with Gasteiger partial charge in [0.05, 0.1) is 14.2 Å². The van der Waals surface area contributed by atoms with E-state index in [1.54, 1.807) is 26.0 Å². The molecule has 7 nitrogen and oxygen atoms in total. The van der Waals surface area contributed by atoms with Gasteiger partial charge in [0.2, 0.25) is 0 Å². The fourth-order valence-electron chi connectivity index (χ4n) is 4.13. The highest BCUT2D eigenvalue weighted by Gasteiger charge is 2.21. The molecule has 180 valence electrons. The van der Waals surface area contributed by atoms with Crippen molar-refractivity contribution in [2.24, 2.45) is 0 Å². The van der Waals surface area contributed by atoms with Crippen LogP contribution in [0, 0.1) is 0 Å². The van der Waals surface area contributed by atoms with Gasteiger partial charge in [-0.3, -0.25) is 0 Å². The summed E-state index contributed by atoms with van der Waals surface area (Å²) in [5.74, 6) is 2.83. The Morgan fingerprint density at radius 2 is 1.68 bits per heavy atom. The maximum absolute atomic E-state index is 5.33. The SMILES string of the molecule is COc1ccc(N2CCN(c3nc(SC)ncc3CNCCc3cccc(OC)c3)CC2)cc1. The van der Waals surface area contributed by atoms with Crippen LogP contribution in [0.5, 0.6) is 11.5 Å². The second kappa shape index (κ2) is 11.9. The van der Waals surface area contributed by atoms with E-state index in [2.05, 4.69) is 44.4 Å². The fourth-order valence-corrected chi connectivity index (χ4v) is 4.47. The van der Waals surface area contributed by atoms with Gasteiger partial charge in [-0.15, -0.1) is 0 Å². The first kappa shape index (κ1) is 24.2. The van der Waals surface area contributed by atoms with E-state index < -0.39 is 0 Å². The molecule has 1 aliphatic rings. The number of hydrogen-bond acceptors (Lipinski definition) is 8. The Balaban J connectivity index is 1.36. The molecular weight excluding hydrogens is 446 g/mol. The molecule has 2 aromatic carbocycles. The molecule has 1 N–H and O–H groups in total. The van der Waals surface area contributed by atoms with Crippen LogP contribution < -0.4 is 24.6 Å². The van der Waals surface area contributed by atoms with Gasteiger partial charge >= 0.3 is 0 Å². The zero-order chi connectivity index (χ0) is 23.8. The van der Waals surface area contributed by atoms with E-state index in [1.807, 2.05) is 36.7 Å². The lowest BCUT2D eigenvalue weighted by Crippen LogP contribution is -2.47. The van der Waals surface area contributed by atoms with Crippen LogP contribution in [-0.2, 0) is 13.0 Å². The minimum absolute atomic E-state index is 0.743. The van der Waals surface area contributed by atoms with Crippen LogP contribution in [0.2, 0.25) is 0 Å². The predicted molar refractivity (Wildman–Crippen MR) is 140 cm³/mol. The summed E-state index contributed by atoms with van der Waals surface area (Å²) in [6.45, 7) is 5.37. The van der Waals surface area contributed by atoms with Crippen LogP contribution in [0.3, 0.4) is 0 Å². The second-order valence-electron chi connectivity index (χ2n) is 8.16. The number of nitrogens with one attached hydrogen (secondary N) is 1. The Hall–Kier alpha value is -2.97.